The molecule has 21 heavy (non-hydrogen) atoms. The molecule has 110 valence electrons. The van der Waals surface area contributed by atoms with E-state index in [9.17, 15) is 4.79 Å². The van der Waals surface area contributed by atoms with Crippen molar-refractivity contribution in [3.63, 3.8) is 0 Å². The fourth-order valence-electron chi connectivity index (χ4n) is 2.15. The maximum absolute atomic E-state index is 12.1. The minimum Gasteiger partial charge on any atom is -0.296 e. The molecule has 0 fully saturated rings. The summed E-state index contributed by atoms with van der Waals surface area (Å²) in [5, 5.41) is 9.40. The van der Waals surface area contributed by atoms with Crippen LogP contribution in [0.1, 0.15) is 23.2 Å². The Morgan fingerprint density at radius 1 is 1.38 bits per heavy atom. The highest BCUT2D eigenvalue weighted by molar-refractivity contribution is 7.16. The van der Waals surface area contributed by atoms with Crippen molar-refractivity contribution in [1.82, 2.24) is 19.5 Å². The number of thiophene rings is 1. The van der Waals surface area contributed by atoms with Crippen LogP contribution in [0.2, 0.25) is 0 Å². The Kier molecular flexibility index (Phi) is 4.14. The zero-order chi connectivity index (χ0) is 14.8. The minimum absolute atomic E-state index is 0.102. The molecule has 0 aliphatic heterocycles. The van der Waals surface area contributed by atoms with Gasteiger partial charge in [-0.3, -0.25) is 9.69 Å². The van der Waals surface area contributed by atoms with E-state index in [0.717, 1.165) is 23.7 Å². The van der Waals surface area contributed by atoms with Crippen molar-refractivity contribution in [1.29, 1.82) is 0 Å². The first-order chi connectivity index (χ1) is 10.2. The molecule has 0 saturated carbocycles. The van der Waals surface area contributed by atoms with Crippen LogP contribution in [0.3, 0.4) is 0 Å². The molecule has 0 aliphatic rings. The summed E-state index contributed by atoms with van der Waals surface area (Å²) in [6, 6.07) is 3.69. The van der Waals surface area contributed by atoms with E-state index in [-0.39, 0.29) is 5.56 Å². The monoisotopic (exact) mass is 320 g/mol. The standard InChI is InChI=1S/C14H16N4OS2/c1-3-12-16-18-13(19)6-11(15-14(18)21-12)8-17(2)7-10-4-5-20-9-10/h4-6,9H,3,7-8H2,1-2H3. The maximum atomic E-state index is 12.1. The average Bonchev–Trinajstić information content (AvgIpc) is 3.07. The zero-order valence-electron chi connectivity index (χ0n) is 11.9. The van der Waals surface area contributed by atoms with Crippen LogP contribution in [-0.4, -0.2) is 26.5 Å². The van der Waals surface area contributed by atoms with Gasteiger partial charge in [0.1, 0.15) is 5.01 Å². The summed E-state index contributed by atoms with van der Waals surface area (Å²) in [6.07, 6.45) is 0.820. The molecule has 0 unspecified atom stereocenters. The lowest BCUT2D eigenvalue weighted by atomic mass is 10.3. The Morgan fingerprint density at radius 3 is 2.95 bits per heavy atom. The van der Waals surface area contributed by atoms with Gasteiger partial charge >= 0.3 is 0 Å². The summed E-state index contributed by atoms with van der Waals surface area (Å²) in [6.45, 7) is 3.53. The van der Waals surface area contributed by atoms with Gasteiger partial charge in [0.2, 0.25) is 4.96 Å². The summed E-state index contributed by atoms with van der Waals surface area (Å²) in [7, 11) is 2.03. The number of fused-ring (bicyclic) bond motifs is 1. The van der Waals surface area contributed by atoms with Crippen LogP contribution in [-0.2, 0) is 19.5 Å². The minimum atomic E-state index is -0.102. The van der Waals surface area contributed by atoms with Crippen LogP contribution in [0.25, 0.3) is 4.96 Å². The Hall–Kier alpha value is -1.57. The van der Waals surface area contributed by atoms with Crippen molar-refractivity contribution >= 4 is 27.6 Å². The lowest BCUT2D eigenvalue weighted by molar-refractivity contribution is 0.315. The second-order valence-corrected chi connectivity index (χ2v) is 6.75. The molecule has 3 aromatic rings. The van der Waals surface area contributed by atoms with E-state index in [2.05, 4.69) is 31.8 Å². The van der Waals surface area contributed by atoms with E-state index in [1.807, 2.05) is 14.0 Å². The van der Waals surface area contributed by atoms with Crippen LogP contribution in [0.15, 0.2) is 27.7 Å². The lowest BCUT2D eigenvalue weighted by Gasteiger charge is -2.14. The highest BCUT2D eigenvalue weighted by Gasteiger charge is 2.10. The first-order valence-corrected chi connectivity index (χ1v) is 8.50. The van der Waals surface area contributed by atoms with Gasteiger partial charge in [0.25, 0.3) is 5.56 Å². The number of hydrogen-bond acceptors (Lipinski definition) is 6. The number of rotatable bonds is 5. The van der Waals surface area contributed by atoms with Gasteiger partial charge in [-0.1, -0.05) is 18.3 Å². The Balaban J connectivity index is 1.82. The third kappa shape index (κ3) is 3.20. The largest absolute Gasteiger partial charge is 0.296 e. The second kappa shape index (κ2) is 6.05. The molecule has 0 amide bonds. The first-order valence-electron chi connectivity index (χ1n) is 6.74. The van der Waals surface area contributed by atoms with E-state index in [1.165, 1.54) is 21.4 Å². The van der Waals surface area contributed by atoms with Crippen LogP contribution in [0.5, 0.6) is 0 Å². The van der Waals surface area contributed by atoms with Crippen molar-refractivity contribution in [3.8, 4) is 0 Å². The fraction of sp³-hybridized carbons (Fsp3) is 0.357. The second-order valence-electron chi connectivity index (χ2n) is 4.93. The molecule has 3 aromatic heterocycles. The topological polar surface area (TPSA) is 50.5 Å². The van der Waals surface area contributed by atoms with E-state index < -0.39 is 0 Å². The fourth-order valence-corrected chi connectivity index (χ4v) is 3.66. The van der Waals surface area contributed by atoms with Crippen LogP contribution < -0.4 is 5.56 Å². The van der Waals surface area contributed by atoms with Crippen LogP contribution in [0.4, 0.5) is 0 Å². The van der Waals surface area contributed by atoms with Crippen molar-refractivity contribution in [2.45, 2.75) is 26.4 Å². The molecule has 0 N–H and O–H groups in total. The van der Waals surface area contributed by atoms with E-state index in [0.29, 0.717) is 11.5 Å². The molecule has 0 aliphatic carbocycles. The van der Waals surface area contributed by atoms with Crippen LogP contribution in [0, 0.1) is 0 Å². The summed E-state index contributed by atoms with van der Waals surface area (Å²) < 4.78 is 1.39. The normalized spacial score (nSPS) is 11.6. The quantitative estimate of drug-likeness (QED) is 0.724. The summed E-state index contributed by atoms with van der Waals surface area (Å²) in [4.78, 5) is 19.5. The molecular weight excluding hydrogens is 304 g/mol. The highest BCUT2D eigenvalue weighted by atomic mass is 32.1. The zero-order valence-corrected chi connectivity index (χ0v) is 13.6. The summed E-state index contributed by atoms with van der Waals surface area (Å²) in [5.41, 5.74) is 1.98. The molecule has 0 aromatic carbocycles. The lowest BCUT2D eigenvalue weighted by Crippen LogP contribution is -2.21. The van der Waals surface area contributed by atoms with Gasteiger partial charge in [0.05, 0.1) is 5.69 Å². The number of nitrogens with zero attached hydrogens (tertiary/aromatic N) is 4. The number of hydrogen-bond donors (Lipinski definition) is 0. The highest BCUT2D eigenvalue weighted by Crippen LogP contribution is 2.13. The van der Waals surface area contributed by atoms with E-state index in [1.54, 1.807) is 17.4 Å². The van der Waals surface area contributed by atoms with Crippen molar-refractivity contribution in [2.75, 3.05) is 7.05 Å². The van der Waals surface area contributed by atoms with Gasteiger partial charge in [-0.05, 0) is 35.9 Å². The molecule has 0 radical (unpaired) electrons. The Bertz CT molecular complexity index is 791. The molecule has 3 rings (SSSR count). The maximum Gasteiger partial charge on any atom is 0.275 e. The SMILES string of the molecule is CCc1nn2c(=O)cc(CN(C)Cc3ccsc3)nc2s1. The third-order valence-corrected chi connectivity index (χ3v) is 4.89. The van der Waals surface area contributed by atoms with Gasteiger partial charge in [-0.15, -0.1) is 0 Å². The smallest absolute Gasteiger partial charge is 0.275 e. The Labute approximate surface area is 130 Å². The summed E-state index contributed by atoms with van der Waals surface area (Å²) in [5.74, 6) is 0. The van der Waals surface area contributed by atoms with Crippen molar-refractivity contribution in [3.05, 3.63) is 49.5 Å². The number of aromatic nitrogens is 3. The molecule has 0 saturated heterocycles. The molecule has 3 heterocycles. The van der Waals surface area contributed by atoms with Gasteiger partial charge in [0, 0.05) is 19.2 Å². The van der Waals surface area contributed by atoms with Gasteiger partial charge < -0.3 is 0 Å². The molecule has 0 spiro atoms. The van der Waals surface area contributed by atoms with Crippen LogP contribution >= 0.6 is 22.7 Å². The predicted molar refractivity (Wildman–Crippen MR) is 86.0 cm³/mol. The Morgan fingerprint density at radius 2 is 2.24 bits per heavy atom. The van der Waals surface area contributed by atoms with Gasteiger partial charge in [-0.25, -0.2) is 4.98 Å². The molecule has 0 atom stereocenters. The third-order valence-electron chi connectivity index (χ3n) is 3.11. The molecule has 7 heteroatoms. The predicted octanol–water partition coefficient (Wildman–Crippen LogP) is 2.41. The molecular formula is C14H16N4OS2. The van der Waals surface area contributed by atoms with E-state index >= 15 is 0 Å². The first kappa shape index (κ1) is 14.4. The molecule has 0 bridgehead atoms. The molecule has 5 nitrogen and oxygen atoms in total. The van der Waals surface area contributed by atoms with E-state index in [4.69, 9.17) is 0 Å². The van der Waals surface area contributed by atoms with Gasteiger partial charge in [-0.2, -0.15) is 21.0 Å². The van der Waals surface area contributed by atoms with Crippen molar-refractivity contribution in [2.24, 2.45) is 0 Å². The number of aryl methyl sites for hydroxylation is 1. The summed E-state index contributed by atoms with van der Waals surface area (Å²) >= 11 is 3.18. The average molecular weight is 320 g/mol. The van der Waals surface area contributed by atoms with Gasteiger partial charge in [0.15, 0.2) is 0 Å². The van der Waals surface area contributed by atoms with Crippen molar-refractivity contribution < 1.29 is 0 Å².